The number of nitrogens with zero attached hydrogens (tertiary/aromatic N) is 3. The average molecular weight is 440 g/mol. The Morgan fingerprint density at radius 3 is 2.55 bits per heavy atom. The number of anilines is 3. The lowest BCUT2D eigenvalue weighted by Crippen LogP contribution is -2.46. The lowest BCUT2D eigenvalue weighted by Gasteiger charge is -2.35. The highest BCUT2D eigenvalue weighted by atomic mass is 32.1. The van der Waals surface area contributed by atoms with Crippen LogP contribution in [0.1, 0.15) is 23.2 Å². The van der Waals surface area contributed by atoms with Crippen LogP contribution in [-0.2, 0) is 11.2 Å². The zero-order valence-corrected chi connectivity index (χ0v) is 18.2. The van der Waals surface area contributed by atoms with E-state index < -0.39 is 0 Å². The van der Waals surface area contributed by atoms with Crippen molar-refractivity contribution >= 4 is 39.7 Å². The summed E-state index contributed by atoms with van der Waals surface area (Å²) in [6.45, 7) is 7.47. The van der Waals surface area contributed by atoms with E-state index in [1.165, 1.54) is 23.3 Å². The van der Waals surface area contributed by atoms with Crippen LogP contribution in [0.15, 0.2) is 52.5 Å². The highest BCUT2D eigenvalue weighted by Gasteiger charge is 2.16. The van der Waals surface area contributed by atoms with Gasteiger partial charge in [0.15, 0.2) is 10.9 Å². The molecule has 8 nitrogen and oxygen atoms in total. The number of furan rings is 1. The number of nitrogens with one attached hydrogen (secondary N) is 2. The second-order valence-corrected chi connectivity index (χ2v) is 8.13. The molecule has 0 unspecified atom stereocenters. The molecule has 3 aromatic rings. The number of piperazine rings is 1. The molecule has 9 heteroatoms. The molecular formula is C22H25N5O3S. The van der Waals surface area contributed by atoms with Crippen LogP contribution in [0.4, 0.5) is 16.5 Å². The Morgan fingerprint density at radius 2 is 1.87 bits per heavy atom. The van der Waals surface area contributed by atoms with Crippen LogP contribution in [0.2, 0.25) is 0 Å². The number of likely N-dealkylation sites (N-methyl/N-ethyl adjacent to an activating group) is 1. The molecule has 0 atom stereocenters. The van der Waals surface area contributed by atoms with Crippen LogP contribution in [0.3, 0.4) is 0 Å². The van der Waals surface area contributed by atoms with Gasteiger partial charge in [-0.1, -0.05) is 6.92 Å². The molecule has 1 aliphatic rings. The maximum absolute atomic E-state index is 12.4. The van der Waals surface area contributed by atoms with E-state index in [0.717, 1.165) is 38.4 Å². The maximum Gasteiger partial charge on any atom is 0.293 e. The Balaban J connectivity index is 1.27. The lowest BCUT2D eigenvalue weighted by molar-refractivity contribution is -0.115. The molecule has 31 heavy (non-hydrogen) atoms. The number of carbonyl (C=O) groups excluding carboxylic acids is 2. The van der Waals surface area contributed by atoms with E-state index in [0.29, 0.717) is 10.8 Å². The average Bonchev–Trinajstić information content (AvgIpc) is 3.47. The second-order valence-electron chi connectivity index (χ2n) is 7.27. The van der Waals surface area contributed by atoms with Gasteiger partial charge in [0.2, 0.25) is 5.91 Å². The fourth-order valence-corrected chi connectivity index (χ4v) is 4.16. The van der Waals surface area contributed by atoms with Gasteiger partial charge in [0.1, 0.15) is 0 Å². The number of carbonyl (C=O) groups is 2. The van der Waals surface area contributed by atoms with Crippen molar-refractivity contribution in [2.45, 2.75) is 13.3 Å². The minimum Gasteiger partial charge on any atom is -0.459 e. The van der Waals surface area contributed by atoms with Crippen molar-refractivity contribution in [2.75, 3.05) is 48.3 Å². The van der Waals surface area contributed by atoms with Gasteiger partial charge in [0.25, 0.3) is 5.91 Å². The molecule has 4 rings (SSSR count). The summed E-state index contributed by atoms with van der Waals surface area (Å²) in [5, 5.41) is 7.76. The number of amides is 2. The molecule has 1 aromatic carbocycles. The molecular weight excluding hydrogens is 414 g/mol. The maximum atomic E-state index is 12.4. The van der Waals surface area contributed by atoms with Crippen LogP contribution < -0.4 is 15.5 Å². The Labute approximate surface area is 184 Å². The van der Waals surface area contributed by atoms with Crippen molar-refractivity contribution < 1.29 is 14.0 Å². The molecule has 1 fully saturated rings. The Hall–Kier alpha value is -3.17. The molecule has 0 radical (unpaired) electrons. The summed E-state index contributed by atoms with van der Waals surface area (Å²) in [5.41, 5.74) is 2.52. The van der Waals surface area contributed by atoms with Gasteiger partial charge < -0.3 is 19.5 Å². The van der Waals surface area contributed by atoms with E-state index in [1.807, 2.05) is 24.3 Å². The number of hydrogen-bond acceptors (Lipinski definition) is 7. The van der Waals surface area contributed by atoms with E-state index in [4.69, 9.17) is 4.42 Å². The van der Waals surface area contributed by atoms with E-state index >= 15 is 0 Å². The van der Waals surface area contributed by atoms with Gasteiger partial charge in [-0.3, -0.25) is 14.9 Å². The van der Waals surface area contributed by atoms with Gasteiger partial charge >= 0.3 is 0 Å². The predicted molar refractivity (Wildman–Crippen MR) is 122 cm³/mol. The smallest absolute Gasteiger partial charge is 0.293 e. The molecule has 2 amide bonds. The van der Waals surface area contributed by atoms with Crippen LogP contribution in [0.25, 0.3) is 0 Å². The highest BCUT2D eigenvalue weighted by Crippen LogP contribution is 2.21. The van der Waals surface area contributed by atoms with Gasteiger partial charge in [-0.05, 0) is 42.9 Å². The Kier molecular flexibility index (Phi) is 6.63. The summed E-state index contributed by atoms with van der Waals surface area (Å²) in [6, 6.07) is 11.2. The minimum atomic E-state index is -0.369. The summed E-state index contributed by atoms with van der Waals surface area (Å²) < 4.78 is 5.06. The monoisotopic (exact) mass is 439 g/mol. The molecule has 0 saturated carbocycles. The largest absolute Gasteiger partial charge is 0.459 e. The van der Waals surface area contributed by atoms with Crippen LogP contribution >= 0.6 is 11.3 Å². The third kappa shape index (κ3) is 5.50. The fourth-order valence-electron chi connectivity index (χ4n) is 3.46. The summed E-state index contributed by atoms with van der Waals surface area (Å²) >= 11 is 1.27. The topological polar surface area (TPSA) is 90.7 Å². The third-order valence-electron chi connectivity index (χ3n) is 5.19. The number of hydrogen-bond donors (Lipinski definition) is 2. The summed E-state index contributed by atoms with van der Waals surface area (Å²) in [6.07, 6.45) is 1.57. The zero-order chi connectivity index (χ0) is 21.6. The highest BCUT2D eigenvalue weighted by molar-refractivity contribution is 7.14. The second kappa shape index (κ2) is 9.76. The quantitative estimate of drug-likeness (QED) is 0.587. The minimum absolute atomic E-state index is 0.133. The van der Waals surface area contributed by atoms with E-state index in [2.05, 4.69) is 32.3 Å². The predicted octanol–water partition coefficient (Wildman–Crippen LogP) is 3.31. The van der Waals surface area contributed by atoms with Gasteiger partial charge in [-0.15, -0.1) is 11.3 Å². The summed E-state index contributed by atoms with van der Waals surface area (Å²) in [5.74, 6) is -0.310. The Morgan fingerprint density at radius 1 is 1.10 bits per heavy atom. The molecule has 0 bridgehead atoms. The molecule has 2 N–H and O–H groups in total. The normalized spacial score (nSPS) is 14.4. The van der Waals surface area contributed by atoms with Crippen molar-refractivity contribution in [2.24, 2.45) is 0 Å². The molecule has 0 aliphatic carbocycles. The SMILES string of the molecule is CCN1CCN(c2ccc(NC(=O)Cc3csc(NC(=O)c4ccco4)n3)cc2)CC1. The first-order valence-corrected chi connectivity index (χ1v) is 11.1. The number of rotatable bonds is 7. The molecule has 3 heterocycles. The van der Waals surface area contributed by atoms with Crippen molar-refractivity contribution in [3.05, 3.63) is 59.5 Å². The van der Waals surface area contributed by atoms with Gasteiger partial charge in [-0.25, -0.2) is 4.98 Å². The van der Waals surface area contributed by atoms with Crippen molar-refractivity contribution in [3.63, 3.8) is 0 Å². The number of thiazole rings is 1. The first kappa shape index (κ1) is 21.1. The van der Waals surface area contributed by atoms with Gasteiger partial charge in [0, 0.05) is 42.9 Å². The van der Waals surface area contributed by atoms with Crippen molar-refractivity contribution in [1.82, 2.24) is 9.88 Å². The first-order valence-electron chi connectivity index (χ1n) is 10.3. The van der Waals surface area contributed by atoms with Gasteiger partial charge in [-0.2, -0.15) is 0 Å². The standard InChI is InChI=1S/C22H25N5O3S/c1-2-26-9-11-27(12-10-26)18-7-5-16(6-8-18)23-20(28)14-17-15-31-22(24-17)25-21(29)19-4-3-13-30-19/h3-8,13,15H,2,9-12,14H2,1H3,(H,23,28)(H,24,25,29). The molecule has 1 saturated heterocycles. The van der Waals surface area contributed by atoms with Gasteiger partial charge in [0.05, 0.1) is 18.4 Å². The molecule has 1 aliphatic heterocycles. The van der Waals surface area contributed by atoms with E-state index in [9.17, 15) is 9.59 Å². The molecule has 2 aromatic heterocycles. The van der Waals surface area contributed by atoms with Crippen LogP contribution in [-0.4, -0.2) is 54.4 Å². The van der Waals surface area contributed by atoms with Crippen molar-refractivity contribution in [1.29, 1.82) is 0 Å². The third-order valence-corrected chi connectivity index (χ3v) is 6.00. The first-order chi connectivity index (χ1) is 15.1. The van der Waals surface area contributed by atoms with Crippen LogP contribution in [0.5, 0.6) is 0 Å². The summed E-state index contributed by atoms with van der Waals surface area (Å²) in [7, 11) is 0. The molecule has 162 valence electrons. The van der Waals surface area contributed by atoms with E-state index in [1.54, 1.807) is 17.5 Å². The fraction of sp³-hybridized carbons (Fsp3) is 0.318. The zero-order valence-electron chi connectivity index (χ0n) is 17.3. The van der Waals surface area contributed by atoms with Crippen molar-refractivity contribution in [3.8, 4) is 0 Å². The number of aromatic nitrogens is 1. The van der Waals surface area contributed by atoms with Crippen LogP contribution in [0, 0.1) is 0 Å². The summed E-state index contributed by atoms with van der Waals surface area (Å²) in [4.78, 5) is 33.5. The Bertz CT molecular complexity index is 1010. The lowest BCUT2D eigenvalue weighted by atomic mass is 10.2. The van der Waals surface area contributed by atoms with E-state index in [-0.39, 0.29) is 24.0 Å². The molecule has 0 spiro atoms. The number of benzene rings is 1.